The zero-order valence-corrected chi connectivity index (χ0v) is 16.4. The number of methoxy groups -OCH3 is 2. The molecule has 1 atom stereocenters. The third-order valence-electron chi connectivity index (χ3n) is 3.75. The van der Waals surface area contributed by atoms with Gasteiger partial charge in [0.1, 0.15) is 4.88 Å². The minimum absolute atomic E-state index is 0.0423. The minimum atomic E-state index is -4.08. The van der Waals surface area contributed by atoms with Crippen LogP contribution in [-0.2, 0) is 19.5 Å². The van der Waals surface area contributed by atoms with Crippen LogP contribution in [0.3, 0.4) is 0 Å². The van der Waals surface area contributed by atoms with E-state index >= 15 is 0 Å². The molecule has 0 aliphatic heterocycles. The van der Waals surface area contributed by atoms with Gasteiger partial charge in [-0.15, -0.1) is 11.3 Å². The Balaban J connectivity index is 2.51. The lowest BCUT2D eigenvalue weighted by atomic mass is 10.1. The van der Waals surface area contributed by atoms with E-state index in [-0.39, 0.29) is 20.2 Å². The van der Waals surface area contributed by atoms with E-state index in [1.54, 1.807) is 31.2 Å². The van der Waals surface area contributed by atoms with E-state index < -0.39 is 28.0 Å². The molecular formula is C17H19NO6S2. The lowest BCUT2D eigenvalue weighted by Crippen LogP contribution is -2.27. The molecule has 0 saturated heterocycles. The Bertz CT molecular complexity index is 918. The van der Waals surface area contributed by atoms with Crippen molar-refractivity contribution in [2.75, 3.05) is 14.2 Å². The molecule has 1 heterocycles. The molecule has 2 rings (SSSR count). The molecular weight excluding hydrogens is 378 g/mol. The molecule has 0 amide bonds. The molecule has 0 unspecified atom stereocenters. The molecule has 26 heavy (non-hydrogen) atoms. The maximum atomic E-state index is 12.9. The van der Waals surface area contributed by atoms with Crippen LogP contribution in [0.15, 0.2) is 34.5 Å². The minimum Gasteiger partial charge on any atom is -0.465 e. The van der Waals surface area contributed by atoms with Crippen molar-refractivity contribution in [1.29, 1.82) is 0 Å². The molecule has 7 nitrogen and oxygen atoms in total. The summed E-state index contributed by atoms with van der Waals surface area (Å²) in [5.74, 6) is -1.54. The van der Waals surface area contributed by atoms with Gasteiger partial charge >= 0.3 is 11.9 Å². The summed E-state index contributed by atoms with van der Waals surface area (Å²) in [6, 6.07) is 8.46. The van der Waals surface area contributed by atoms with Crippen molar-refractivity contribution in [3.63, 3.8) is 0 Å². The number of hydrogen-bond donors (Lipinski definition) is 1. The molecule has 0 spiro atoms. The first-order valence-corrected chi connectivity index (χ1v) is 9.90. The first kappa shape index (κ1) is 20.1. The second-order valence-electron chi connectivity index (χ2n) is 5.46. The van der Waals surface area contributed by atoms with Crippen LogP contribution in [0.5, 0.6) is 0 Å². The molecule has 0 radical (unpaired) electrons. The number of nitrogens with one attached hydrogen (secondary N) is 1. The SMILES string of the molecule is COC(=O)c1sc(S(=O)(=O)N[C@@H](C)c2ccccc2)c(C(=O)OC)c1C. The largest absolute Gasteiger partial charge is 0.465 e. The quantitative estimate of drug-likeness (QED) is 0.753. The Kier molecular flexibility index (Phi) is 6.17. The van der Waals surface area contributed by atoms with E-state index in [0.29, 0.717) is 11.3 Å². The van der Waals surface area contributed by atoms with Crippen LogP contribution in [0.2, 0.25) is 0 Å². The fraction of sp³-hybridized carbons (Fsp3) is 0.294. The van der Waals surface area contributed by atoms with E-state index in [9.17, 15) is 18.0 Å². The third-order valence-corrected chi connectivity index (χ3v) is 7.08. The number of sulfonamides is 1. The maximum absolute atomic E-state index is 12.9. The van der Waals surface area contributed by atoms with Gasteiger partial charge in [0.2, 0.25) is 0 Å². The van der Waals surface area contributed by atoms with Crippen molar-refractivity contribution in [1.82, 2.24) is 4.72 Å². The third kappa shape index (κ3) is 3.95. The molecule has 9 heteroatoms. The zero-order valence-electron chi connectivity index (χ0n) is 14.7. The number of esters is 2. The van der Waals surface area contributed by atoms with Crippen molar-refractivity contribution in [2.24, 2.45) is 0 Å². The molecule has 0 aliphatic carbocycles. The summed E-state index contributed by atoms with van der Waals surface area (Å²) in [4.78, 5) is 24.1. The Morgan fingerprint density at radius 1 is 1.08 bits per heavy atom. The summed E-state index contributed by atoms with van der Waals surface area (Å²) in [7, 11) is -1.75. The highest BCUT2D eigenvalue weighted by molar-refractivity contribution is 7.91. The summed E-state index contributed by atoms with van der Waals surface area (Å²) in [5.41, 5.74) is 0.810. The van der Waals surface area contributed by atoms with Crippen molar-refractivity contribution >= 4 is 33.3 Å². The summed E-state index contributed by atoms with van der Waals surface area (Å²) >= 11 is 0.681. The number of thiophene rings is 1. The fourth-order valence-corrected chi connectivity index (χ4v) is 5.39. The first-order chi connectivity index (χ1) is 12.2. The Morgan fingerprint density at radius 3 is 2.19 bits per heavy atom. The predicted molar refractivity (Wildman–Crippen MR) is 96.9 cm³/mol. The molecule has 0 fully saturated rings. The molecule has 0 aliphatic rings. The first-order valence-electron chi connectivity index (χ1n) is 7.60. The molecule has 1 aromatic carbocycles. The molecule has 1 N–H and O–H groups in total. The highest BCUT2D eigenvalue weighted by Crippen LogP contribution is 2.33. The number of carbonyl (C=O) groups excluding carboxylic acids is 2. The standard InChI is InChI=1S/C17H19NO6S2/c1-10-13(15(19)23-3)17(25-14(10)16(20)24-4)26(21,22)18-11(2)12-8-6-5-7-9-12/h5-9,11,18H,1-4H3/t11-/m0/s1. The van der Waals surface area contributed by atoms with Crippen LogP contribution in [0, 0.1) is 6.92 Å². The summed E-state index contributed by atoms with van der Waals surface area (Å²) in [5, 5.41) is 0. The zero-order chi connectivity index (χ0) is 19.5. The van der Waals surface area contributed by atoms with Crippen molar-refractivity contribution in [3.05, 3.63) is 51.9 Å². The van der Waals surface area contributed by atoms with E-state index in [1.807, 2.05) is 6.07 Å². The van der Waals surface area contributed by atoms with Gasteiger partial charge in [-0.25, -0.2) is 22.7 Å². The second-order valence-corrected chi connectivity index (χ2v) is 8.39. The average Bonchev–Trinajstić information content (AvgIpc) is 2.99. The van der Waals surface area contributed by atoms with Gasteiger partial charge < -0.3 is 9.47 Å². The van der Waals surface area contributed by atoms with Gasteiger partial charge in [-0.1, -0.05) is 30.3 Å². The highest BCUT2D eigenvalue weighted by atomic mass is 32.2. The number of carbonyl (C=O) groups is 2. The van der Waals surface area contributed by atoms with Gasteiger partial charge in [0.25, 0.3) is 10.0 Å². The Morgan fingerprint density at radius 2 is 1.65 bits per heavy atom. The topological polar surface area (TPSA) is 98.8 Å². The lowest BCUT2D eigenvalue weighted by molar-refractivity contribution is 0.0596. The highest BCUT2D eigenvalue weighted by Gasteiger charge is 2.33. The number of benzene rings is 1. The van der Waals surface area contributed by atoms with Crippen molar-refractivity contribution in [3.8, 4) is 0 Å². The normalized spacial score (nSPS) is 12.5. The Labute approximate surface area is 156 Å². The van der Waals surface area contributed by atoms with E-state index in [4.69, 9.17) is 4.74 Å². The van der Waals surface area contributed by atoms with E-state index in [0.717, 1.165) is 12.7 Å². The van der Waals surface area contributed by atoms with Gasteiger partial charge in [0, 0.05) is 6.04 Å². The summed E-state index contributed by atoms with van der Waals surface area (Å²) < 4.78 is 37.4. The summed E-state index contributed by atoms with van der Waals surface area (Å²) in [6.07, 6.45) is 0. The van der Waals surface area contributed by atoms with Crippen LogP contribution in [0.25, 0.3) is 0 Å². The maximum Gasteiger partial charge on any atom is 0.348 e. The fourth-order valence-electron chi connectivity index (χ4n) is 2.40. The Hall–Kier alpha value is -2.23. The molecule has 1 aromatic heterocycles. The molecule has 0 saturated carbocycles. The van der Waals surface area contributed by atoms with E-state index in [2.05, 4.69) is 9.46 Å². The number of hydrogen-bond acceptors (Lipinski definition) is 7. The summed E-state index contributed by atoms with van der Waals surface area (Å²) in [6.45, 7) is 3.17. The van der Waals surface area contributed by atoms with Crippen LogP contribution in [0.1, 0.15) is 44.1 Å². The molecule has 2 aromatic rings. The number of rotatable bonds is 6. The van der Waals surface area contributed by atoms with Crippen LogP contribution in [-0.4, -0.2) is 34.6 Å². The molecule has 0 bridgehead atoms. The average molecular weight is 397 g/mol. The number of ether oxygens (including phenoxy) is 2. The monoisotopic (exact) mass is 397 g/mol. The van der Waals surface area contributed by atoms with Crippen molar-refractivity contribution < 1.29 is 27.5 Å². The van der Waals surface area contributed by atoms with Crippen molar-refractivity contribution in [2.45, 2.75) is 24.1 Å². The van der Waals surface area contributed by atoms with Gasteiger partial charge in [-0.05, 0) is 25.0 Å². The predicted octanol–water partition coefficient (Wildman–Crippen LogP) is 2.67. The van der Waals surface area contributed by atoms with Gasteiger partial charge in [-0.2, -0.15) is 0 Å². The van der Waals surface area contributed by atoms with Gasteiger partial charge in [0.05, 0.1) is 19.8 Å². The van der Waals surface area contributed by atoms with Crippen LogP contribution >= 0.6 is 11.3 Å². The van der Waals surface area contributed by atoms with E-state index in [1.165, 1.54) is 14.0 Å². The van der Waals surface area contributed by atoms with Crippen LogP contribution < -0.4 is 4.72 Å². The second kappa shape index (κ2) is 7.98. The van der Waals surface area contributed by atoms with Crippen LogP contribution in [0.4, 0.5) is 0 Å². The van der Waals surface area contributed by atoms with Gasteiger partial charge in [0.15, 0.2) is 4.21 Å². The lowest BCUT2D eigenvalue weighted by Gasteiger charge is -2.14. The molecule has 140 valence electrons. The van der Waals surface area contributed by atoms with Gasteiger partial charge in [-0.3, -0.25) is 0 Å². The smallest absolute Gasteiger partial charge is 0.348 e.